The third kappa shape index (κ3) is 7.01. The molecule has 0 saturated carbocycles. The third-order valence-electron chi connectivity index (χ3n) is 12.5. The molecule has 0 aromatic heterocycles. The molecule has 0 aliphatic rings. The summed E-state index contributed by atoms with van der Waals surface area (Å²) in [5, 5.41) is 24.1. The summed E-state index contributed by atoms with van der Waals surface area (Å²) in [7, 11) is 0. The lowest BCUT2D eigenvalue weighted by atomic mass is 9.91. The molecular weight excluding hydrogens is 829 g/mol. The maximum absolute atomic E-state index is 16.9. The van der Waals surface area contributed by atoms with Gasteiger partial charge in [0, 0.05) is 45.4 Å². The van der Waals surface area contributed by atoms with Crippen LogP contribution in [0.15, 0.2) is 158 Å². The molecule has 318 valence electrons. The first-order valence-corrected chi connectivity index (χ1v) is 21.4. The molecule has 0 N–H and O–H groups in total. The smallest absolute Gasteiger partial charge is 0.148 e. The fourth-order valence-electron chi connectivity index (χ4n) is 9.41. The van der Waals surface area contributed by atoms with Gasteiger partial charge in [0.2, 0.25) is 0 Å². The molecule has 0 bridgehead atoms. The molecule has 0 heterocycles. The van der Waals surface area contributed by atoms with Crippen molar-refractivity contribution in [1.29, 1.82) is 10.5 Å². The Balaban J connectivity index is 1.20. The molecule has 0 aliphatic heterocycles. The van der Waals surface area contributed by atoms with E-state index >= 15 is 17.6 Å². The average Bonchev–Trinajstić information content (AvgIpc) is 3.31. The van der Waals surface area contributed by atoms with Crippen molar-refractivity contribution in [3.63, 3.8) is 0 Å². The Labute approximate surface area is 379 Å². The van der Waals surface area contributed by atoms with Crippen molar-refractivity contribution < 1.29 is 17.6 Å². The summed E-state index contributed by atoms with van der Waals surface area (Å²) in [6.07, 6.45) is 0. The lowest BCUT2D eigenvalue weighted by molar-refractivity contribution is 0.604. The van der Waals surface area contributed by atoms with Crippen molar-refractivity contribution in [1.82, 2.24) is 0 Å². The fraction of sp³-hybridized carbons (Fsp3) is 0.0690. The molecule has 66 heavy (non-hydrogen) atoms. The van der Waals surface area contributed by atoms with E-state index in [0.29, 0.717) is 55.8 Å². The molecule has 0 unspecified atom stereocenters. The summed E-state index contributed by atoms with van der Waals surface area (Å²) < 4.78 is 66.7. The van der Waals surface area contributed by atoms with E-state index in [-0.39, 0.29) is 22.5 Å². The minimum atomic E-state index is -0.653. The molecule has 0 radical (unpaired) electrons. The molecule has 10 aromatic carbocycles. The van der Waals surface area contributed by atoms with Gasteiger partial charge in [-0.1, -0.05) is 83.9 Å². The number of rotatable bonds is 8. The van der Waals surface area contributed by atoms with Gasteiger partial charge in [0.1, 0.15) is 23.3 Å². The van der Waals surface area contributed by atoms with E-state index in [2.05, 4.69) is 12.1 Å². The average molecular weight is 867 g/mol. The Morgan fingerprint density at radius 1 is 0.364 bits per heavy atom. The number of anilines is 6. The monoisotopic (exact) mass is 866 g/mol. The maximum atomic E-state index is 16.9. The Kier molecular flexibility index (Phi) is 10.2. The number of hydrogen-bond donors (Lipinski definition) is 0. The van der Waals surface area contributed by atoms with E-state index in [1.54, 1.807) is 70.5 Å². The first kappa shape index (κ1) is 41.5. The van der Waals surface area contributed by atoms with Crippen molar-refractivity contribution in [3.05, 3.63) is 214 Å². The standard InChI is InChI=1S/C58H38F4N4/c1-33-5-19-43(35(3)25-33)47-27-51(61)55(29-49(47)59)65(41-15-7-37(31-63)8-16-41)53-23-13-39-12-22-46-54(24-14-40-11-21-45(53)57(39)58(40)46)66(42-17-9-38(32-64)10-18-42)56-30-50(60)48(28-52(56)62)44-20-6-34(2)26-36(44)4/h5-30H,1-4H3. The van der Waals surface area contributed by atoms with Gasteiger partial charge in [-0.25, -0.2) is 17.6 Å². The van der Waals surface area contributed by atoms with Crippen molar-refractivity contribution in [2.45, 2.75) is 27.7 Å². The van der Waals surface area contributed by atoms with Crippen LogP contribution in [0.1, 0.15) is 33.4 Å². The molecular formula is C58H38F4N4. The molecule has 0 amide bonds. The van der Waals surface area contributed by atoms with Crippen molar-refractivity contribution >= 4 is 66.4 Å². The second kappa shape index (κ2) is 16.3. The highest BCUT2D eigenvalue weighted by Crippen LogP contribution is 2.49. The molecule has 0 spiro atoms. The predicted octanol–water partition coefficient (Wildman–Crippen LogP) is 16.4. The first-order chi connectivity index (χ1) is 31.9. The van der Waals surface area contributed by atoms with Crippen LogP contribution >= 0.6 is 0 Å². The second-order valence-corrected chi connectivity index (χ2v) is 16.8. The van der Waals surface area contributed by atoms with Gasteiger partial charge < -0.3 is 9.80 Å². The van der Waals surface area contributed by atoms with Crippen LogP contribution in [0.4, 0.5) is 51.7 Å². The zero-order chi connectivity index (χ0) is 46.0. The maximum Gasteiger partial charge on any atom is 0.148 e. The zero-order valence-electron chi connectivity index (χ0n) is 36.3. The van der Waals surface area contributed by atoms with Gasteiger partial charge in [0.25, 0.3) is 0 Å². The van der Waals surface area contributed by atoms with Gasteiger partial charge in [-0.2, -0.15) is 10.5 Å². The largest absolute Gasteiger partial charge is 0.307 e. The summed E-state index contributed by atoms with van der Waals surface area (Å²) in [5.41, 5.74) is 7.92. The molecule has 0 fully saturated rings. The van der Waals surface area contributed by atoms with Crippen LogP contribution < -0.4 is 9.80 Å². The van der Waals surface area contributed by atoms with Gasteiger partial charge in [0.05, 0.1) is 46.0 Å². The molecule has 0 aliphatic carbocycles. The van der Waals surface area contributed by atoms with Gasteiger partial charge in [0.15, 0.2) is 0 Å². The van der Waals surface area contributed by atoms with Crippen LogP contribution in [-0.4, -0.2) is 0 Å². The number of aryl methyl sites for hydroxylation is 4. The second-order valence-electron chi connectivity index (χ2n) is 16.8. The van der Waals surface area contributed by atoms with Gasteiger partial charge in [-0.05, 0) is 144 Å². The lowest BCUT2D eigenvalue weighted by Crippen LogP contribution is -2.14. The van der Waals surface area contributed by atoms with Gasteiger partial charge in [-0.15, -0.1) is 0 Å². The Morgan fingerprint density at radius 3 is 1.11 bits per heavy atom. The van der Waals surface area contributed by atoms with Crippen LogP contribution in [0.5, 0.6) is 0 Å². The summed E-state index contributed by atoms with van der Waals surface area (Å²) in [6.45, 7) is 7.63. The first-order valence-electron chi connectivity index (χ1n) is 21.4. The normalized spacial score (nSPS) is 11.3. The van der Waals surface area contributed by atoms with Gasteiger partial charge in [-0.3, -0.25) is 0 Å². The Bertz CT molecular complexity index is 3420. The Morgan fingerprint density at radius 2 is 0.742 bits per heavy atom. The van der Waals surface area contributed by atoms with Crippen molar-refractivity contribution in [2.24, 2.45) is 0 Å². The van der Waals surface area contributed by atoms with E-state index in [1.165, 1.54) is 24.3 Å². The molecule has 0 saturated heterocycles. The third-order valence-corrected chi connectivity index (χ3v) is 12.5. The molecule has 8 heteroatoms. The lowest BCUT2D eigenvalue weighted by Gasteiger charge is -2.30. The zero-order valence-corrected chi connectivity index (χ0v) is 36.3. The molecule has 4 nitrogen and oxygen atoms in total. The van der Waals surface area contributed by atoms with E-state index in [0.717, 1.165) is 43.8 Å². The minimum Gasteiger partial charge on any atom is -0.307 e. The van der Waals surface area contributed by atoms with Crippen molar-refractivity contribution in [2.75, 3.05) is 9.80 Å². The van der Waals surface area contributed by atoms with E-state index in [9.17, 15) is 10.5 Å². The molecule has 10 rings (SSSR count). The highest BCUT2D eigenvalue weighted by atomic mass is 19.1. The quantitative estimate of drug-likeness (QED) is 0.113. The molecule has 0 atom stereocenters. The Hall–Kier alpha value is -8.46. The summed E-state index contributed by atoms with van der Waals surface area (Å²) in [4.78, 5) is 3.33. The number of halogens is 4. The number of nitrogens with zero attached hydrogens (tertiary/aromatic N) is 4. The van der Waals surface area contributed by atoms with Crippen LogP contribution in [0, 0.1) is 73.6 Å². The highest BCUT2D eigenvalue weighted by molar-refractivity contribution is 6.28. The van der Waals surface area contributed by atoms with E-state index in [4.69, 9.17) is 0 Å². The van der Waals surface area contributed by atoms with E-state index in [1.807, 2.05) is 100 Å². The predicted molar refractivity (Wildman–Crippen MR) is 259 cm³/mol. The van der Waals surface area contributed by atoms with Crippen molar-refractivity contribution in [3.8, 4) is 34.4 Å². The summed E-state index contributed by atoms with van der Waals surface area (Å²) in [5.74, 6) is -2.51. The number of hydrogen-bond acceptors (Lipinski definition) is 4. The van der Waals surface area contributed by atoms with Crippen LogP contribution in [-0.2, 0) is 0 Å². The van der Waals surface area contributed by atoms with E-state index < -0.39 is 23.3 Å². The highest BCUT2D eigenvalue weighted by Gasteiger charge is 2.27. The van der Waals surface area contributed by atoms with Gasteiger partial charge >= 0.3 is 0 Å². The topological polar surface area (TPSA) is 54.1 Å². The minimum absolute atomic E-state index is 0.0322. The van der Waals surface area contributed by atoms with Crippen LogP contribution in [0.2, 0.25) is 0 Å². The molecule has 10 aromatic rings. The number of benzene rings is 10. The SMILES string of the molecule is Cc1ccc(-c2cc(F)c(N(c3ccc(C#N)cc3)c3ccc4ccc5c(N(c6ccc(C#N)cc6)c6cc(F)c(-c7ccc(C)cc7C)cc6F)ccc6ccc3c4c65)cc2F)c(C)c1. The summed E-state index contributed by atoms with van der Waals surface area (Å²) >= 11 is 0. The number of nitriles is 2. The summed E-state index contributed by atoms with van der Waals surface area (Å²) in [6, 6.07) is 49.2. The van der Waals surface area contributed by atoms with Crippen LogP contribution in [0.3, 0.4) is 0 Å². The fourth-order valence-corrected chi connectivity index (χ4v) is 9.41. The van der Waals surface area contributed by atoms with Crippen LogP contribution in [0.25, 0.3) is 54.6 Å².